The van der Waals surface area contributed by atoms with E-state index in [4.69, 9.17) is 4.74 Å². The van der Waals surface area contributed by atoms with Crippen LogP contribution in [0.25, 0.3) is 11.1 Å². The molecule has 1 aromatic heterocycles. The largest absolute Gasteiger partial charge is 0.381 e. The summed E-state index contributed by atoms with van der Waals surface area (Å²) in [7, 11) is 1.70. The van der Waals surface area contributed by atoms with E-state index < -0.39 is 30.6 Å². The molecule has 168 valence electrons. The van der Waals surface area contributed by atoms with Gasteiger partial charge in [-0.3, -0.25) is 9.59 Å². The zero-order valence-corrected chi connectivity index (χ0v) is 18.3. The number of pyridine rings is 1. The number of aromatic nitrogens is 1. The van der Waals surface area contributed by atoms with Gasteiger partial charge in [0.1, 0.15) is 0 Å². The van der Waals surface area contributed by atoms with Crippen molar-refractivity contribution in [3.05, 3.63) is 46.4 Å². The molecule has 1 amide bonds. The van der Waals surface area contributed by atoms with Crippen LogP contribution in [0.5, 0.6) is 0 Å². The second-order valence-electron chi connectivity index (χ2n) is 8.19. The number of carbonyl (C=O) groups excluding carboxylic acids is 1. The Morgan fingerprint density at radius 2 is 1.97 bits per heavy atom. The van der Waals surface area contributed by atoms with E-state index in [0.29, 0.717) is 30.1 Å². The SMILES string of the molecule is CCO[C@H](C)CNc1cc(-c2cc(C)c(=O)n(C)c2)ccc1NC(=O)C1CC(F)(F)C1. The number of nitrogens with zero attached hydrogens (tertiary/aromatic N) is 1. The van der Waals surface area contributed by atoms with Crippen LogP contribution in [0.3, 0.4) is 0 Å². The number of hydrogen-bond acceptors (Lipinski definition) is 4. The Kier molecular flexibility index (Phi) is 6.79. The van der Waals surface area contributed by atoms with Crippen LogP contribution in [-0.2, 0) is 16.6 Å². The minimum Gasteiger partial charge on any atom is -0.381 e. The van der Waals surface area contributed by atoms with Crippen LogP contribution in [0.1, 0.15) is 32.3 Å². The van der Waals surface area contributed by atoms with Crippen LogP contribution in [0.4, 0.5) is 20.2 Å². The second kappa shape index (κ2) is 9.18. The zero-order valence-electron chi connectivity index (χ0n) is 18.3. The number of hydrogen-bond donors (Lipinski definition) is 2. The lowest BCUT2D eigenvalue weighted by Gasteiger charge is -2.33. The van der Waals surface area contributed by atoms with Crippen molar-refractivity contribution in [1.82, 2.24) is 4.57 Å². The van der Waals surface area contributed by atoms with Gasteiger partial charge >= 0.3 is 0 Å². The van der Waals surface area contributed by atoms with E-state index in [1.807, 2.05) is 32.0 Å². The third-order valence-corrected chi connectivity index (χ3v) is 5.47. The van der Waals surface area contributed by atoms with E-state index in [1.165, 1.54) is 4.57 Å². The van der Waals surface area contributed by atoms with Crippen LogP contribution in [-0.4, -0.2) is 35.7 Å². The molecule has 0 spiro atoms. The number of anilines is 2. The lowest BCUT2D eigenvalue weighted by atomic mass is 9.80. The van der Waals surface area contributed by atoms with Gasteiger partial charge in [0, 0.05) is 50.7 Å². The molecule has 0 unspecified atom stereocenters. The van der Waals surface area contributed by atoms with Gasteiger partial charge in [-0.25, -0.2) is 8.78 Å². The molecule has 31 heavy (non-hydrogen) atoms. The summed E-state index contributed by atoms with van der Waals surface area (Å²) in [5, 5.41) is 6.07. The Morgan fingerprint density at radius 1 is 1.26 bits per heavy atom. The molecule has 1 aliphatic carbocycles. The average Bonchev–Trinajstić information content (AvgIpc) is 2.69. The van der Waals surface area contributed by atoms with Gasteiger partial charge in [-0.05, 0) is 50.1 Å². The molecule has 1 atom stereocenters. The third kappa shape index (κ3) is 5.50. The van der Waals surface area contributed by atoms with Gasteiger partial charge in [0.15, 0.2) is 0 Å². The van der Waals surface area contributed by atoms with Crippen molar-refractivity contribution in [2.45, 2.75) is 45.6 Å². The van der Waals surface area contributed by atoms with Crippen molar-refractivity contribution in [2.75, 3.05) is 23.8 Å². The first-order valence-electron chi connectivity index (χ1n) is 10.5. The highest BCUT2D eigenvalue weighted by Crippen LogP contribution is 2.43. The number of halogens is 2. The fraction of sp³-hybridized carbons (Fsp3) is 0.478. The highest BCUT2D eigenvalue weighted by atomic mass is 19.3. The normalized spacial score (nSPS) is 16.5. The quantitative estimate of drug-likeness (QED) is 0.655. The van der Waals surface area contributed by atoms with E-state index >= 15 is 0 Å². The van der Waals surface area contributed by atoms with Crippen molar-refractivity contribution >= 4 is 17.3 Å². The summed E-state index contributed by atoms with van der Waals surface area (Å²) in [6.07, 6.45) is 0.866. The number of aryl methyl sites for hydroxylation is 2. The number of nitrogens with one attached hydrogen (secondary N) is 2. The van der Waals surface area contributed by atoms with E-state index in [-0.39, 0.29) is 11.7 Å². The number of alkyl halides is 2. The Balaban J connectivity index is 1.87. The standard InChI is InChI=1S/C23H29F2N3O3/c1-5-31-15(3)12-26-20-9-16(17-8-14(2)22(30)28(4)13-17)6-7-19(20)27-21(29)18-10-23(24,25)11-18/h6-9,13,15,18,26H,5,10-12H2,1-4H3,(H,27,29)/t15-/m1/s1. The Hall–Kier alpha value is -2.74. The number of benzene rings is 1. The van der Waals surface area contributed by atoms with Gasteiger partial charge in [0.25, 0.3) is 5.56 Å². The molecule has 0 aliphatic heterocycles. The molecule has 0 saturated heterocycles. The fourth-order valence-corrected chi connectivity index (χ4v) is 3.69. The van der Waals surface area contributed by atoms with Gasteiger partial charge < -0.3 is 19.9 Å². The summed E-state index contributed by atoms with van der Waals surface area (Å²) in [6.45, 7) is 6.70. The van der Waals surface area contributed by atoms with Crippen LogP contribution in [0.2, 0.25) is 0 Å². The highest BCUT2D eigenvalue weighted by Gasteiger charge is 2.48. The fourth-order valence-electron chi connectivity index (χ4n) is 3.69. The molecule has 3 rings (SSSR count). The smallest absolute Gasteiger partial charge is 0.253 e. The first kappa shape index (κ1) is 22.9. The number of rotatable bonds is 8. The van der Waals surface area contributed by atoms with Gasteiger partial charge in [-0.1, -0.05) is 6.07 Å². The third-order valence-electron chi connectivity index (χ3n) is 5.47. The minimum atomic E-state index is -2.75. The highest BCUT2D eigenvalue weighted by molar-refractivity contribution is 5.97. The maximum Gasteiger partial charge on any atom is 0.253 e. The Labute approximate surface area is 180 Å². The summed E-state index contributed by atoms with van der Waals surface area (Å²) in [6, 6.07) is 7.28. The summed E-state index contributed by atoms with van der Waals surface area (Å²) < 4.78 is 33.4. The number of ether oxygens (including phenoxy) is 1. The van der Waals surface area contributed by atoms with Crippen LogP contribution < -0.4 is 16.2 Å². The molecular weight excluding hydrogens is 404 g/mol. The van der Waals surface area contributed by atoms with Crippen LogP contribution in [0, 0.1) is 12.8 Å². The predicted molar refractivity (Wildman–Crippen MR) is 118 cm³/mol. The van der Waals surface area contributed by atoms with Crippen molar-refractivity contribution in [3.63, 3.8) is 0 Å². The van der Waals surface area contributed by atoms with E-state index in [2.05, 4.69) is 10.6 Å². The van der Waals surface area contributed by atoms with Crippen molar-refractivity contribution in [1.29, 1.82) is 0 Å². The molecular formula is C23H29F2N3O3. The van der Waals surface area contributed by atoms with Crippen molar-refractivity contribution in [2.24, 2.45) is 13.0 Å². The topological polar surface area (TPSA) is 72.4 Å². The molecule has 1 saturated carbocycles. The van der Waals surface area contributed by atoms with Crippen molar-refractivity contribution < 1.29 is 18.3 Å². The molecule has 1 aromatic carbocycles. The number of amides is 1. The maximum absolute atomic E-state index is 13.2. The minimum absolute atomic E-state index is 0.0534. The summed E-state index contributed by atoms with van der Waals surface area (Å²) in [5.74, 6) is -3.84. The molecule has 1 aliphatic rings. The van der Waals surface area contributed by atoms with Gasteiger partial charge in [-0.2, -0.15) is 0 Å². The molecule has 2 aromatic rings. The van der Waals surface area contributed by atoms with Crippen LogP contribution in [0.15, 0.2) is 35.3 Å². The average molecular weight is 433 g/mol. The molecule has 6 nitrogen and oxygen atoms in total. The van der Waals surface area contributed by atoms with Gasteiger partial charge in [0.2, 0.25) is 11.8 Å². The van der Waals surface area contributed by atoms with E-state index in [1.54, 1.807) is 26.2 Å². The summed E-state index contributed by atoms with van der Waals surface area (Å²) >= 11 is 0. The monoisotopic (exact) mass is 433 g/mol. The zero-order chi connectivity index (χ0) is 22.8. The van der Waals surface area contributed by atoms with E-state index in [9.17, 15) is 18.4 Å². The number of carbonyl (C=O) groups is 1. The molecule has 0 bridgehead atoms. The van der Waals surface area contributed by atoms with Gasteiger partial charge in [0.05, 0.1) is 17.5 Å². The molecule has 8 heteroatoms. The molecule has 2 N–H and O–H groups in total. The lowest BCUT2D eigenvalue weighted by Crippen LogP contribution is -2.42. The van der Waals surface area contributed by atoms with Gasteiger partial charge in [-0.15, -0.1) is 0 Å². The Morgan fingerprint density at radius 3 is 2.58 bits per heavy atom. The predicted octanol–water partition coefficient (Wildman–Crippen LogP) is 4.18. The summed E-state index contributed by atoms with van der Waals surface area (Å²) in [5.41, 5.74) is 3.47. The second-order valence-corrected chi connectivity index (χ2v) is 8.19. The summed E-state index contributed by atoms with van der Waals surface area (Å²) in [4.78, 5) is 24.4. The Bertz CT molecular complexity index is 985. The molecule has 1 fully saturated rings. The van der Waals surface area contributed by atoms with Crippen LogP contribution >= 0.6 is 0 Å². The van der Waals surface area contributed by atoms with Crippen molar-refractivity contribution in [3.8, 4) is 11.1 Å². The molecule has 0 radical (unpaired) electrons. The van der Waals surface area contributed by atoms with E-state index in [0.717, 1.165) is 11.1 Å². The molecule has 1 heterocycles. The maximum atomic E-state index is 13.2. The first-order valence-corrected chi connectivity index (χ1v) is 10.5. The first-order chi connectivity index (χ1) is 14.6. The lowest BCUT2D eigenvalue weighted by molar-refractivity contribution is -0.145.